The van der Waals surface area contributed by atoms with Crippen LogP contribution >= 0.6 is 0 Å². The molecule has 2 heterocycles. The molecule has 1 N–H and O–H groups in total. The molecule has 0 fully saturated rings. The van der Waals surface area contributed by atoms with Crippen molar-refractivity contribution >= 4 is 23.2 Å². The van der Waals surface area contributed by atoms with E-state index in [1.165, 1.54) is 6.21 Å². The Balaban J connectivity index is 1.54. The Hall–Kier alpha value is -2.89. The van der Waals surface area contributed by atoms with Crippen molar-refractivity contribution in [2.75, 3.05) is 0 Å². The van der Waals surface area contributed by atoms with Crippen LogP contribution in [0, 0.1) is 0 Å². The van der Waals surface area contributed by atoms with Gasteiger partial charge in [0.05, 0.1) is 29.8 Å². The topological polar surface area (TPSA) is 72.4 Å². The molecule has 0 aliphatic heterocycles. The van der Waals surface area contributed by atoms with Crippen LogP contribution in [0.25, 0.3) is 11.0 Å². The Kier molecular flexibility index (Phi) is 3.77. The molecule has 3 aromatic rings. The van der Waals surface area contributed by atoms with E-state index in [0.29, 0.717) is 18.7 Å². The summed E-state index contributed by atoms with van der Waals surface area (Å²) in [6.45, 7) is 0.558. The SMILES string of the molecule is O=C(CCn1cnc2ccccc21)N/N=C/c1ccco1. The molecule has 0 aliphatic carbocycles. The van der Waals surface area contributed by atoms with Gasteiger partial charge in [-0.2, -0.15) is 5.10 Å². The van der Waals surface area contributed by atoms with E-state index in [0.717, 1.165) is 11.0 Å². The summed E-state index contributed by atoms with van der Waals surface area (Å²) in [4.78, 5) is 16.0. The number of hydrazone groups is 1. The minimum Gasteiger partial charge on any atom is -0.463 e. The normalized spacial score (nSPS) is 11.2. The number of benzene rings is 1. The van der Waals surface area contributed by atoms with Crippen molar-refractivity contribution in [3.05, 3.63) is 54.7 Å². The van der Waals surface area contributed by atoms with E-state index in [4.69, 9.17) is 4.42 Å². The van der Waals surface area contributed by atoms with Crippen molar-refractivity contribution in [3.8, 4) is 0 Å². The second-order valence-corrected chi connectivity index (χ2v) is 4.49. The summed E-state index contributed by atoms with van der Waals surface area (Å²) in [6, 6.07) is 11.3. The second kappa shape index (κ2) is 6.04. The summed E-state index contributed by atoms with van der Waals surface area (Å²) in [7, 11) is 0. The third kappa shape index (κ3) is 3.17. The number of hydrogen-bond acceptors (Lipinski definition) is 4. The zero-order valence-corrected chi connectivity index (χ0v) is 11.3. The molecule has 0 aliphatic rings. The van der Waals surface area contributed by atoms with E-state index in [1.807, 2.05) is 28.8 Å². The van der Waals surface area contributed by atoms with Crippen LogP contribution in [0.4, 0.5) is 0 Å². The molecule has 2 aromatic heterocycles. The largest absolute Gasteiger partial charge is 0.463 e. The van der Waals surface area contributed by atoms with E-state index in [1.54, 1.807) is 24.7 Å². The van der Waals surface area contributed by atoms with Crippen LogP contribution in [0.3, 0.4) is 0 Å². The van der Waals surface area contributed by atoms with Gasteiger partial charge in [0.2, 0.25) is 5.91 Å². The van der Waals surface area contributed by atoms with Gasteiger partial charge in [-0.25, -0.2) is 10.4 Å². The van der Waals surface area contributed by atoms with Crippen LogP contribution in [0.2, 0.25) is 0 Å². The molecule has 0 saturated carbocycles. The first-order valence-corrected chi connectivity index (χ1v) is 6.58. The maximum absolute atomic E-state index is 11.7. The lowest BCUT2D eigenvalue weighted by Gasteiger charge is -2.03. The van der Waals surface area contributed by atoms with Crippen LogP contribution in [0.5, 0.6) is 0 Å². The number of rotatable bonds is 5. The maximum Gasteiger partial charge on any atom is 0.241 e. The first-order valence-electron chi connectivity index (χ1n) is 6.58. The van der Waals surface area contributed by atoms with E-state index >= 15 is 0 Å². The number of amides is 1. The fraction of sp³-hybridized carbons (Fsp3) is 0.133. The number of hydrogen-bond donors (Lipinski definition) is 1. The van der Waals surface area contributed by atoms with E-state index in [2.05, 4.69) is 15.5 Å². The summed E-state index contributed by atoms with van der Waals surface area (Å²) in [6.07, 6.45) is 5.08. The van der Waals surface area contributed by atoms with Gasteiger partial charge >= 0.3 is 0 Å². The lowest BCUT2D eigenvalue weighted by atomic mass is 10.3. The average Bonchev–Trinajstić information content (AvgIpc) is 3.14. The predicted octanol–water partition coefficient (Wildman–Crippen LogP) is 2.17. The number of carbonyl (C=O) groups excluding carboxylic acids is 1. The van der Waals surface area contributed by atoms with E-state index < -0.39 is 0 Å². The molecule has 0 bridgehead atoms. The van der Waals surface area contributed by atoms with E-state index in [-0.39, 0.29) is 5.91 Å². The van der Waals surface area contributed by atoms with Gasteiger partial charge in [0.25, 0.3) is 0 Å². The molecular formula is C15H14N4O2. The minimum absolute atomic E-state index is 0.157. The molecule has 1 aromatic carbocycles. The smallest absolute Gasteiger partial charge is 0.241 e. The lowest BCUT2D eigenvalue weighted by Crippen LogP contribution is -2.19. The lowest BCUT2D eigenvalue weighted by molar-refractivity contribution is -0.121. The van der Waals surface area contributed by atoms with Gasteiger partial charge in [0.1, 0.15) is 5.76 Å². The van der Waals surface area contributed by atoms with Crippen molar-refractivity contribution in [1.29, 1.82) is 0 Å². The van der Waals surface area contributed by atoms with Crippen LogP contribution in [-0.2, 0) is 11.3 Å². The number of furan rings is 1. The standard InChI is InChI=1S/C15H14N4O2/c20-15(18-17-10-12-4-3-9-21-12)7-8-19-11-16-13-5-1-2-6-14(13)19/h1-6,9-11H,7-8H2,(H,18,20)/b17-10+. The Labute approximate surface area is 121 Å². The summed E-state index contributed by atoms with van der Waals surface area (Å²) in [5.41, 5.74) is 4.41. The summed E-state index contributed by atoms with van der Waals surface area (Å²) in [5, 5.41) is 3.83. The number of fused-ring (bicyclic) bond motifs is 1. The van der Waals surface area contributed by atoms with Crippen molar-refractivity contribution in [2.45, 2.75) is 13.0 Å². The molecule has 106 valence electrons. The number of aromatic nitrogens is 2. The monoisotopic (exact) mass is 282 g/mol. The highest BCUT2D eigenvalue weighted by molar-refractivity contribution is 5.80. The summed E-state index contributed by atoms with van der Waals surface area (Å²) < 4.78 is 7.02. The molecule has 3 rings (SSSR count). The fourth-order valence-corrected chi connectivity index (χ4v) is 2.00. The Bertz CT molecular complexity index is 759. The average molecular weight is 282 g/mol. The van der Waals surface area contributed by atoms with Crippen LogP contribution < -0.4 is 5.43 Å². The van der Waals surface area contributed by atoms with Crippen molar-refractivity contribution < 1.29 is 9.21 Å². The van der Waals surface area contributed by atoms with Gasteiger partial charge in [-0.1, -0.05) is 12.1 Å². The summed E-state index contributed by atoms with van der Waals surface area (Å²) in [5.74, 6) is 0.437. The van der Waals surface area contributed by atoms with Gasteiger partial charge in [0, 0.05) is 13.0 Å². The third-order valence-corrected chi connectivity index (χ3v) is 3.03. The van der Waals surface area contributed by atoms with Crippen LogP contribution in [-0.4, -0.2) is 21.7 Å². The van der Waals surface area contributed by atoms with Gasteiger partial charge in [-0.05, 0) is 24.3 Å². The van der Waals surface area contributed by atoms with E-state index in [9.17, 15) is 4.79 Å². The molecule has 0 atom stereocenters. The highest BCUT2D eigenvalue weighted by Gasteiger charge is 2.04. The zero-order valence-electron chi connectivity index (χ0n) is 11.3. The predicted molar refractivity (Wildman–Crippen MR) is 78.8 cm³/mol. The Morgan fingerprint density at radius 3 is 3.10 bits per heavy atom. The molecule has 6 heteroatoms. The van der Waals surface area contributed by atoms with Gasteiger partial charge in [-0.3, -0.25) is 4.79 Å². The molecule has 0 unspecified atom stereocenters. The van der Waals surface area contributed by atoms with Crippen molar-refractivity contribution in [2.24, 2.45) is 5.10 Å². The maximum atomic E-state index is 11.7. The quantitative estimate of drug-likeness (QED) is 0.576. The Morgan fingerprint density at radius 1 is 1.33 bits per heavy atom. The molecule has 0 radical (unpaired) electrons. The highest BCUT2D eigenvalue weighted by Crippen LogP contribution is 2.11. The van der Waals surface area contributed by atoms with Crippen LogP contribution in [0.1, 0.15) is 12.2 Å². The number of aryl methyl sites for hydroxylation is 1. The first-order chi connectivity index (χ1) is 10.3. The molecular weight excluding hydrogens is 268 g/mol. The number of carbonyl (C=O) groups is 1. The fourth-order valence-electron chi connectivity index (χ4n) is 2.00. The second-order valence-electron chi connectivity index (χ2n) is 4.49. The minimum atomic E-state index is -0.157. The Morgan fingerprint density at radius 2 is 2.24 bits per heavy atom. The third-order valence-electron chi connectivity index (χ3n) is 3.03. The number of nitrogens with zero attached hydrogens (tertiary/aromatic N) is 3. The molecule has 0 spiro atoms. The van der Waals surface area contributed by atoms with Crippen molar-refractivity contribution in [1.82, 2.24) is 15.0 Å². The number of para-hydroxylation sites is 2. The molecule has 0 saturated heterocycles. The first kappa shape index (κ1) is 13.1. The van der Waals surface area contributed by atoms with Crippen molar-refractivity contribution in [3.63, 3.8) is 0 Å². The highest BCUT2D eigenvalue weighted by atomic mass is 16.3. The van der Waals surface area contributed by atoms with Gasteiger partial charge in [-0.15, -0.1) is 0 Å². The van der Waals surface area contributed by atoms with Gasteiger partial charge in [0.15, 0.2) is 0 Å². The molecule has 1 amide bonds. The molecule has 6 nitrogen and oxygen atoms in total. The number of imidazole rings is 1. The van der Waals surface area contributed by atoms with Crippen LogP contribution in [0.15, 0.2) is 58.5 Å². The summed E-state index contributed by atoms with van der Waals surface area (Å²) >= 11 is 0. The zero-order chi connectivity index (χ0) is 14.5. The van der Waals surface area contributed by atoms with Gasteiger partial charge < -0.3 is 8.98 Å². The molecule has 21 heavy (non-hydrogen) atoms. The number of nitrogens with one attached hydrogen (secondary N) is 1.